The van der Waals surface area contributed by atoms with E-state index in [1.807, 2.05) is 49.2 Å². The first-order chi connectivity index (χ1) is 9.13. The monoisotopic (exact) mass is 295 g/mol. The fourth-order valence-corrected chi connectivity index (χ4v) is 2.31. The van der Waals surface area contributed by atoms with Gasteiger partial charge in [-0.15, -0.1) is 0 Å². The van der Waals surface area contributed by atoms with Crippen LogP contribution in [0.5, 0.6) is 0 Å². The Kier molecular flexibility index (Phi) is 4.51. The summed E-state index contributed by atoms with van der Waals surface area (Å²) in [5, 5.41) is 4.17. The second-order valence-electron chi connectivity index (χ2n) is 4.05. The molecule has 1 aromatic carbocycles. The SMILES string of the molecule is CCNc1nc(N(C)c2ccccc2)c(Cl)cc1Cl. The quantitative estimate of drug-likeness (QED) is 0.894. The van der Waals surface area contributed by atoms with Crippen molar-refractivity contribution in [1.29, 1.82) is 0 Å². The van der Waals surface area contributed by atoms with Gasteiger partial charge in [-0.2, -0.15) is 0 Å². The molecule has 0 aliphatic carbocycles. The first-order valence-electron chi connectivity index (χ1n) is 6.02. The molecule has 0 spiro atoms. The zero-order chi connectivity index (χ0) is 13.8. The van der Waals surface area contributed by atoms with Gasteiger partial charge in [0.25, 0.3) is 0 Å². The molecular weight excluding hydrogens is 281 g/mol. The summed E-state index contributed by atoms with van der Waals surface area (Å²) >= 11 is 12.3. The molecule has 5 heteroatoms. The number of nitrogens with zero attached hydrogens (tertiary/aromatic N) is 2. The third kappa shape index (κ3) is 3.11. The van der Waals surface area contributed by atoms with E-state index in [9.17, 15) is 0 Å². The summed E-state index contributed by atoms with van der Waals surface area (Å²) < 4.78 is 0. The molecule has 0 unspecified atom stereocenters. The van der Waals surface area contributed by atoms with E-state index in [0.29, 0.717) is 21.7 Å². The fraction of sp³-hybridized carbons (Fsp3) is 0.214. The number of pyridine rings is 1. The molecule has 0 bridgehead atoms. The number of hydrogen-bond donors (Lipinski definition) is 1. The molecule has 2 rings (SSSR count). The zero-order valence-electron chi connectivity index (χ0n) is 10.8. The second-order valence-corrected chi connectivity index (χ2v) is 4.86. The first kappa shape index (κ1) is 14.0. The maximum atomic E-state index is 6.23. The predicted octanol–water partition coefficient (Wildman–Crippen LogP) is 4.59. The van der Waals surface area contributed by atoms with Gasteiger partial charge in [0.15, 0.2) is 5.82 Å². The van der Waals surface area contributed by atoms with Gasteiger partial charge in [-0.3, -0.25) is 0 Å². The van der Waals surface area contributed by atoms with Crippen LogP contribution >= 0.6 is 23.2 Å². The highest BCUT2D eigenvalue weighted by atomic mass is 35.5. The number of rotatable bonds is 4. The lowest BCUT2D eigenvalue weighted by atomic mass is 10.3. The lowest BCUT2D eigenvalue weighted by Gasteiger charge is -2.20. The van der Waals surface area contributed by atoms with Crippen LogP contribution in [0.2, 0.25) is 10.0 Å². The molecule has 0 amide bonds. The van der Waals surface area contributed by atoms with Crippen molar-refractivity contribution >= 4 is 40.5 Å². The summed E-state index contributed by atoms with van der Waals surface area (Å²) in [6, 6.07) is 11.6. The van der Waals surface area contributed by atoms with E-state index >= 15 is 0 Å². The zero-order valence-corrected chi connectivity index (χ0v) is 12.3. The maximum absolute atomic E-state index is 6.23. The molecule has 2 aromatic rings. The third-order valence-corrected chi connectivity index (χ3v) is 3.28. The minimum atomic E-state index is 0.525. The smallest absolute Gasteiger partial charge is 0.154 e. The van der Waals surface area contributed by atoms with Gasteiger partial charge in [0, 0.05) is 19.3 Å². The molecule has 3 nitrogen and oxygen atoms in total. The van der Waals surface area contributed by atoms with E-state index in [0.717, 1.165) is 12.2 Å². The first-order valence-corrected chi connectivity index (χ1v) is 6.77. The van der Waals surface area contributed by atoms with Crippen LogP contribution in [0.25, 0.3) is 0 Å². The summed E-state index contributed by atoms with van der Waals surface area (Å²) in [4.78, 5) is 6.42. The standard InChI is InChI=1S/C14H15Cl2N3/c1-3-17-13-11(15)9-12(16)14(18-13)19(2)10-7-5-4-6-8-10/h4-9H,3H2,1-2H3,(H,17,18). The maximum Gasteiger partial charge on any atom is 0.154 e. The van der Waals surface area contributed by atoms with Crippen molar-refractivity contribution in [1.82, 2.24) is 4.98 Å². The Bertz CT molecular complexity index is 558. The molecule has 1 heterocycles. The molecule has 0 radical (unpaired) electrons. The van der Waals surface area contributed by atoms with Gasteiger partial charge in [0.2, 0.25) is 0 Å². The van der Waals surface area contributed by atoms with Crippen LogP contribution in [0.3, 0.4) is 0 Å². The lowest BCUT2D eigenvalue weighted by Crippen LogP contribution is -2.13. The number of hydrogen-bond acceptors (Lipinski definition) is 3. The predicted molar refractivity (Wildman–Crippen MR) is 82.9 cm³/mol. The van der Waals surface area contributed by atoms with Crippen molar-refractivity contribution in [3.05, 3.63) is 46.4 Å². The number of benzene rings is 1. The van der Waals surface area contributed by atoms with Crippen LogP contribution in [0, 0.1) is 0 Å². The molecule has 100 valence electrons. The Balaban J connectivity index is 2.41. The van der Waals surface area contributed by atoms with Crippen LogP contribution in [0.1, 0.15) is 6.92 Å². The Hall–Kier alpha value is -1.45. The topological polar surface area (TPSA) is 28.2 Å². The molecule has 0 saturated carbocycles. The van der Waals surface area contributed by atoms with Crippen molar-refractivity contribution in [3.63, 3.8) is 0 Å². The summed E-state index contributed by atoms with van der Waals surface area (Å²) in [5.41, 5.74) is 1.02. The van der Waals surface area contributed by atoms with Gasteiger partial charge in [0.1, 0.15) is 5.82 Å². The van der Waals surface area contributed by atoms with Crippen molar-refractivity contribution in [2.24, 2.45) is 0 Å². The molecule has 0 aliphatic heterocycles. The Morgan fingerprint density at radius 2 is 1.84 bits per heavy atom. The van der Waals surface area contributed by atoms with E-state index in [1.165, 1.54) is 0 Å². The number of halogens is 2. The Morgan fingerprint density at radius 3 is 2.47 bits per heavy atom. The Labute approximate surface area is 123 Å². The molecule has 0 fully saturated rings. The van der Waals surface area contributed by atoms with Crippen molar-refractivity contribution < 1.29 is 0 Å². The van der Waals surface area contributed by atoms with E-state index < -0.39 is 0 Å². The van der Waals surface area contributed by atoms with Crippen LogP contribution in [-0.2, 0) is 0 Å². The van der Waals surface area contributed by atoms with E-state index in [-0.39, 0.29) is 0 Å². The van der Waals surface area contributed by atoms with Gasteiger partial charge in [0.05, 0.1) is 10.0 Å². The highest BCUT2D eigenvalue weighted by Crippen LogP contribution is 2.33. The van der Waals surface area contributed by atoms with Gasteiger partial charge < -0.3 is 10.2 Å². The summed E-state index contributed by atoms with van der Waals surface area (Å²) in [6.07, 6.45) is 0. The average molecular weight is 296 g/mol. The van der Waals surface area contributed by atoms with Gasteiger partial charge in [-0.1, -0.05) is 41.4 Å². The highest BCUT2D eigenvalue weighted by Gasteiger charge is 2.13. The van der Waals surface area contributed by atoms with Gasteiger partial charge in [-0.25, -0.2) is 4.98 Å². The number of para-hydroxylation sites is 1. The van der Waals surface area contributed by atoms with Crippen LogP contribution in [-0.4, -0.2) is 18.6 Å². The molecule has 0 atom stereocenters. The number of nitrogens with one attached hydrogen (secondary N) is 1. The normalized spacial score (nSPS) is 10.3. The second kappa shape index (κ2) is 6.13. The van der Waals surface area contributed by atoms with Gasteiger partial charge in [-0.05, 0) is 25.1 Å². The largest absolute Gasteiger partial charge is 0.369 e. The average Bonchev–Trinajstić information content (AvgIpc) is 2.42. The van der Waals surface area contributed by atoms with Crippen LogP contribution in [0.4, 0.5) is 17.3 Å². The van der Waals surface area contributed by atoms with Crippen LogP contribution < -0.4 is 10.2 Å². The summed E-state index contributed by atoms with van der Waals surface area (Å²) in [7, 11) is 1.92. The van der Waals surface area contributed by atoms with E-state index in [1.54, 1.807) is 6.07 Å². The van der Waals surface area contributed by atoms with Crippen LogP contribution in [0.15, 0.2) is 36.4 Å². The highest BCUT2D eigenvalue weighted by molar-refractivity contribution is 6.37. The van der Waals surface area contributed by atoms with Gasteiger partial charge >= 0.3 is 0 Å². The van der Waals surface area contributed by atoms with Crippen molar-refractivity contribution in [3.8, 4) is 0 Å². The van der Waals surface area contributed by atoms with E-state index in [4.69, 9.17) is 23.2 Å². The molecule has 0 saturated heterocycles. The molecule has 19 heavy (non-hydrogen) atoms. The number of aromatic nitrogens is 1. The van der Waals surface area contributed by atoms with E-state index in [2.05, 4.69) is 10.3 Å². The summed E-state index contributed by atoms with van der Waals surface area (Å²) in [5.74, 6) is 1.32. The summed E-state index contributed by atoms with van der Waals surface area (Å²) in [6.45, 7) is 2.75. The minimum Gasteiger partial charge on any atom is -0.369 e. The molecule has 0 aliphatic rings. The lowest BCUT2D eigenvalue weighted by molar-refractivity contribution is 1.10. The molecule has 1 N–H and O–H groups in total. The number of anilines is 3. The van der Waals surface area contributed by atoms with Crippen molar-refractivity contribution in [2.45, 2.75) is 6.92 Å². The third-order valence-electron chi connectivity index (χ3n) is 2.72. The fourth-order valence-electron chi connectivity index (χ4n) is 1.76. The Morgan fingerprint density at radius 1 is 1.16 bits per heavy atom. The van der Waals surface area contributed by atoms with Crippen molar-refractivity contribution in [2.75, 3.05) is 23.8 Å². The minimum absolute atomic E-state index is 0.525. The molecular formula is C14H15Cl2N3. The molecule has 1 aromatic heterocycles.